The molecule has 5 heteroatoms. The summed E-state index contributed by atoms with van der Waals surface area (Å²) in [4.78, 5) is 25.4. The maximum absolute atomic E-state index is 12.1. The molecule has 18 heavy (non-hydrogen) atoms. The van der Waals surface area contributed by atoms with Crippen molar-refractivity contribution in [3.63, 3.8) is 0 Å². The number of fused-ring (bicyclic) bond motifs is 2. The van der Waals surface area contributed by atoms with Crippen LogP contribution in [0.2, 0.25) is 0 Å². The van der Waals surface area contributed by atoms with Crippen LogP contribution < -0.4 is 4.90 Å². The Kier molecular flexibility index (Phi) is 2.65. The number of morpholine rings is 1. The topological polar surface area (TPSA) is 66.8 Å². The Hall–Kier alpha value is -1.72. The van der Waals surface area contributed by atoms with Crippen molar-refractivity contribution in [3.05, 3.63) is 29.8 Å². The summed E-state index contributed by atoms with van der Waals surface area (Å²) in [5.41, 5.74) is 1.29. The first-order valence-electron chi connectivity index (χ1n) is 5.94. The molecule has 1 N–H and O–H groups in total. The molecule has 0 spiro atoms. The fourth-order valence-corrected chi connectivity index (χ4v) is 2.40. The van der Waals surface area contributed by atoms with E-state index in [0.29, 0.717) is 18.5 Å². The second-order valence-corrected chi connectivity index (χ2v) is 4.53. The molecule has 1 aromatic rings. The maximum atomic E-state index is 12.1. The van der Waals surface area contributed by atoms with Gasteiger partial charge in [0.1, 0.15) is 12.2 Å². The molecule has 2 heterocycles. The number of hydrogen-bond donors (Lipinski definition) is 1. The first kappa shape index (κ1) is 11.4. The maximum Gasteiger partial charge on any atom is 0.262 e. The van der Waals surface area contributed by atoms with Crippen LogP contribution in [0, 0.1) is 0 Å². The Labute approximate surface area is 104 Å². The highest BCUT2D eigenvalue weighted by molar-refractivity contribution is 6.19. The average molecular weight is 247 g/mol. The molecule has 0 radical (unpaired) electrons. The van der Waals surface area contributed by atoms with Gasteiger partial charge in [-0.1, -0.05) is 12.1 Å². The van der Waals surface area contributed by atoms with Crippen molar-refractivity contribution in [1.82, 2.24) is 0 Å². The third-order valence-electron chi connectivity index (χ3n) is 3.39. The second kappa shape index (κ2) is 4.19. The third kappa shape index (κ3) is 1.63. The number of carbonyl (C=O) groups excluding carboxylic acids is 2. The lowest BCUT2D eigenvalue weighted by Gasteiger charge is -2.29. The van der Waals surface area contributed by atoms with Crippen LogP contribution in [-0.4, -0.2) is 29.1 Å². The fraction of sp³-hybridized carbons (Fsp3) is 0.385. The highest BCUT2D eigenvalue weighted by Crippen LogP contribution is 2.31. The Morgan fingerprint density at radius 1 is 1.11 bits per heavy atom. The molecular formula is C13H13NO4. The number of rotatable bonds is 2. The molecule has 2 saturated heterocycles. The number of aliphatic hydroxyl groups is 1. The van der Waals surface area contributed by atoms with Crippen molar-refractivity contribution < 1.29 is 19.4 Å². The van der Waals surface area contributed by atoms with Gasteiger partial charge in [0, 0.05) is 0 Å². The van der Waals surface area contributed by atoms with Crippen LogP contribution in [0.15, 0.2) is 24.3 Å². The highest BCUT2D eigenvalue weighted by Gasteiger charge is 2.46. The Morgan fingerprint density at radius 3 is 2.17 bits per heavy atom. The smallest absolute Gasteiger partial charge is 0.262 e. The van der Waals surface area contributed by atoms with Crippen LogP contribution in [0.3, 0.4) is 0 Å². The summed E-state index contributed by atoms with van der Waals surface area (Å²) in [6.45, 7) is -0.0590. The van der Waals surface area contributed by atoms with E-state index in [4.69, 9.17) is 9.84 Å². The molecule has 0 saturated carbocycles. The van der Waals surface area contributed by atoms with Crippen LogP contribution in [-0.2, 0) is 20.9 Å². The van der Waals surface area contributed by atoms with Gasteiger partial charge in [-0.25, -0.2) is 4.90 Å². The van der Waals surface area contributed by atoms with Crippen LogP contribution in [0.5, 0.6) is 0 Å². The van der Waals surface area contributed by atoms with E-state index in [0.717, 1.165) is 5.56 Å². The van der Waals surface area contributed by atoms with Gasteiger partial charge >= 0.3 is 0 Å². The Bertz CT molecular complexity index is 474. The van der Waals surface area contributed by atoms with Crippen molar-refractivity contribution in [1.29, 1.82) is 0 Å². The Balaban J connectivity index is 1.94. The number of amides is 2. The lowest BCUT2D eigenvalue weighted by Crippen LogP contribution is -2.52. The van der Waals surface area contributed by atoms with E-state index in [1.165, 1.54) is 4.90 Å². The molecule has 2 aliphatic heterocycles. The zero-order valence-electron chi connectivity index (χ0n) is 9.70. The van der Waals surface area contributed by atoms with Crippen LogP contribution in [0.25, 0.3) is 0 Å². The number of nitrogens with zero attached hydrogens (tertiary/aromatic N) is 1. The summed E-state index contributed by atoms with van der Waals surface area (Å²) in [7, 11) is 0. The van der Waals surface area contributed by atoms with Crippen molar-refractivity contribution >= 4 is 17.5 Å². The zero-order valence-corrected chi connectivity index (χ0v) is 9.70. The molecule has 1 aromatic carbocycles. The SMILES string of the molecule is O=C1C2CCC(O2)C(=O)N1c1ccc(CO)cc1. The summed E-state index contributed by atoms with van der Waals surface area (Å²) in [6.07, 6.45) is 0.261. The summed E-state index contributed by atoms with van der Waals surface area (Å²) in [5, 5.41) is 8.97. The van der Waals surface area contributed by atoms with Crippen molar-refractivity contribution in [2.45, 2.75) is 31.7 Å². The lowest BCUT2D eigenvalue weighted by molar-refractivity contribution is -0.146. The van der Waals surface area contributed by atoms with Crippen molar-refractivity contribution in [3.8, 4) is 0 Å². The van der Waals surface area contributed by atoms with Gasteiger partial charge in [-0.05, 0) is 30.5 Å². The molecule has 3 rings (SSSR count). The molecule has 0 aliphatic carbocycles. The zero-order chi connectivity index (χ0) is 12.7. The molecule has 94 valence electrons. The monoisotopic (exact) mass is 247 g/mol. The molecule has 2 unspecified atom stereocenters. The molecule has 2 fully saturated rings. The quantitative estimate of drug-likeness (QED) is 0.777. The number of imide groups is 1. The average Bonchev–Trinajstić information content (AvgIpc) is 2.85. The molecule has 2 amide bonds. The molecule has 2 atom stereocenters. The van der Waals surface area contributed by atoms with Gasteiger partial charge < -0.3 is 9.84 Å². The highest BCUT2D eigenvalue weighted by atomic mass is 16.5. The Morgan fingerprint density at radius 2 is 1.67 bits per heavy atom. The lowest BCUT2D eigenvalue weighted by atomic mass is 10.1. The number of carbonyl (C=O) groups is 2. The molecule has 5 nitrogen and oxygen atoms in total. The first-order valence-corrected chi connectivity index (χ1v) is 5.94. The second-order valence-electron chi connectivity index (χ2n) is 4.53. The van der Waals surface area contributed by atoms with Gasteiger partial charge in [0.05, 0.1) is 12.3 Å². The summed E-state index contributed by atoms with van der Waals surface area (Å²) in [6, 6.07) is 6.75. The summed E-state index contributed by atoms with van der Waals surface area (Å²) < 4.78 is 5.34. The van der Waals surface area contributed by atoms with Gasteiger partial charge in [-0.3, -0.25) is 9.59 Å². The number of benzene rings is 1. The molecule has 2 aliphatic rings. The van der Waals surface area contributed by atoms with Gasteiger partial charge in [0.25, 0.3) is 11.8 Å². The standard InChI is InChI=1S/C13H13NO4/c15-7-8-1-3-9(4-2-8)14-12(16)10-5-6-11(18-10)13(14)17/h1-4,10-11,15H,5-7H2. The van der Waals surface area contributed by atoms with E-state index in [1.807, 2.05) is 0 Å². The molecular weight excluding hydrogens is 234 g/mol. The van der Waals surface area contributed by atoms with Gasteiger partial charge in [-0.2, -0.15) is 0 Å². The number of hydrogen-bond acceptors (Lipinski definition) is 4. The number of aliphatic hydroxyl groups excluding tert-OH is 1. The fourth-order valence-electron chi connectivity index (χ4n) is 2.40. The molecule has 2 bridgehead atoms. The van der Waals surface area contributed by atoms with Crippen LogP contribution in [0.1, 0.15) is 18.4 Å². The number of ether oxygens (including phenoxy) is 1. The van der Waals surface area contributed by atoms with E-state index in [1.54, 1.807) is 24.3 Å². The number of anilines is 1. The van der Waals surface area contributed by atoms with Crippen molar-refractivity contribution in [2.75, 3.05) is 4.90 Å². The van der Waals surface area contributed by atoms with Crippen molar-refractivity contribution in [2.24, 2.45) is 0 Å². The largest absolute Gasteiger partial charge is 0.392 e. The van der Waals surface area contributed by atoms with Gasteiger partial charge in [-0.15, -0.1) is 0 Å². The van der Waals surface area contributed by atoms with E-state index < -0.39 is 12.2 Å². The summed E-state index contributed by atoms with van der Waals surface area (Å²) >= 11 is 0. The minimum Gasteiger partial charge on any atom is -0.392 e. The van der Waals surface area contributed by atoms with Crippen LogP contribution in [0.4, 0.5) is 5.69 Å². The van der Waals surface area contributed by atoms with Gasteiger partial charge in [0.15, 0.2) is 0 Å². The minimum atomic E-state index is -0.481. The first-order chi connectivity index (χ1) is 8.70. The predicted molar refractivity (Wildman–Crippen MR) is 62.8 cm³/mol. The van der Waals surface area contributed by atoms with E-state index >= 15 is 0 Å². The van der Waals surface area contributed by atoms with Gasteiger partial charge in [0.2, 0.25) is 0 Å². The molecule has 0 aromatic heterocycles. The minimum absolute atomic E-state index is 0.0590. The predicted octanol–water partition coefficient (Wildman–Crippen LogP) is 0.600. The third-order valence-corrected chi connectivity index (χ3v) is 3.39. The van der Waals surface area contributed by atoms with E-state index in [9.17, 15) is 9.59 Å². The normalized spacial score (nSPS) is 26.8. The summed E-state index contributed by atoms with van der Waals surface area (Å²) in [5.74, 6) is -0.573. The van der Waals surface area contributed by atoms with Crippen LogP contribution >= 0.6 is 0 Å². The van der Waals surface area contributed by atoms with E-state index in [2.05, 4.69) is 0 Å². The van der Waals surface area contributed by atoms with E-state index in [-0.39, 0.29) is 18.4 Å².